The molecule has 8 nitrogen and oxygen atoms in total. The van der Waals surface area contributed by atoms with Crippen molar-refractivity contribution in [2.24, 2.45) is 0 Å². The second-order valence-electron chi connectivity index (χ2n) is 8.99. The summed E-state index contributed by atoms with van der Waals surface area (Å²) in [7, 11) is 1.35. The number of anilines is 1. The van der Waals surface area contributed by atoms with Crippen LogP contribution in [0.3, 0.4) is 0 Å². The highest BCUT2D eigenvalue weighted by molar-refractivity contribution is 6.05. The summed E-state index contributed by atoms with van der Waals surface area (Å²) in [5.41, 5.74) is -0.651. The zero-order chi connectivity index (χ0) is 29.1. The predicted octanol–water partition coefficient (Wildman–Crippen LogP) is 4.10. The third-order valence-electron chi connectivity index (χ3n) is 6.50. The average molecular weight is 565 g/mol. The highest BCUT2D eigenvalue weighted by Crippen LogP contribution is 2.35. The SMILES string of the molecule is COc1ccc([C@@H]2CN(c3c(C)ccn(CC(F)F)c3=O)C(=O)[C@H]2NC(=O)c2ccc(OC(F)F)cc2)c(F)c1. The van der Waals surface area contributed by atoms with Gasteiger partial charge >= 0.3 is 6.61 Å². The molecule has 4 rings (SSSR count). The molecule has 0 bridgehead atoms. The van der Waals surface area contributed by atoms with Crippen LogP contribution in [-0.4, -0.2) is 49.1 Å². The van der Waals surface area contributed by atoms with E-state index in [0.29, 0.717) is 5.56 Å². The number of aryl methyl sites for hydroxylation is 1. The van der Waals surface area contributed by atoms with Gasteiger partial charge in [-0.05, 0) is 54.4 Å². The van der Waals surface area contributed by atoms with Crippen LogP contribution in [0, 0.1) is 12.7 Å². The molecule has 1 aliphatic rings. The van der Waals surface area contributed by atoms with E-state index in [4.69, 9.17) is 4.74 Å². The van der Waals surface area contributed by atoms with Gasteiger partial charge in [0.15, 0.2) is 0 Å². The van der Waals surface area contributed by atoms with Crippen molar-refractivity contribution in [1.29, 1.82) is 0 Å². The normalized spacial score (nSPS) is 17.0. The maximum absolute atomic E-state index is 15.1. The minimum Gasteiger partial charge on any atom is -0.497 e. The van der Waals surface area contributed by atoms with Gasteiger partial charge in [-0.15, -0.1) is 0 Å². The molecule has 1 aliphatic heterocycles. The van der Waals surface area contributed by atoms with Crippen molar-refractivity contribution in [2.45, 2.75) is 38.5 Å². The number of benzene rings is 2. The number of alkyl halides is 4. The Labute approximate surface area is 224 Å². The lowest BCUT2D eigenvalue weighted by molar-refractivity contribution is -0.118. The molecule has 2 amide bonds. The van der Waals surface area contributed by atoms with Crippen LogP contribution < -0.4 is 25.2 Å². The number of nitrogens with zero attached hydrogens (tertiary/aromatic N) is 2. The lowest BCUT2D eigenvalue weighted by Crippen LogP contribution is -2.44. The molecule has 0 spiro atoms. The predicted molar refractivity (Wildman–Crippen MR) is 134 cm³/mol. The first kappa shape index (κ1) is 28.6. The highest BCUT2D eigenvalue weighted by Gasteiger charge is 2.45. The summed E-state index contributed by atoms with van der Waals surface area (Å²) >= 11 is 0. The Morgan fingerprint density at radius 2 is 1.73 bits per heavy atom. The van der Waals surface area contributed by atoms with E-state index in [-0.39, 0.29) is 34.9 Å². The number of carbonyl (C=O) groups is 2. The number of rotatable bonds is 9. The number of pyridine rings is 1. The molecule has 40 heavy (non-hydrogen) atoms. The maximum atomic E-state index is 15.1. The minimum absolute atomic E-state index is 0.00278. The lowest BCUT2D eigenvalue weighted by atomic mass is 9.93. The Bertz CT molecular complexity index is 1460. The molecule has 1 fully saturated rings. The van der Waals surface area contributed by atoms with Crippen LogP contribution in [-0.2, 0) is 11.3 Å². The summed E-state index contributed by atoms with van der Waals surface area (Å²) < 4.78 is 76.2. The number of amides is 2. The van der Waals surface area contributed by atoms with Crippen molar-refractivity contribution in [2.75, 3.05) is 18.6 Å². The first-order valence-electron chi connectivity index (χ1n) is 12.0. The maximum Gasteiger partial charge on any atom is 0.387 e. The quantitative estimate of drug-likeness (QED) is 0.395. The minimum atomic E-state index is -3.06. The van der Waals surface area contributed by atoms with Crippen molar-refractivity contribution < 1.29 is 41.0 Å². The number of nitrogens with one attached hydrogen (secondary N) is 1. The van der Waals surface area contributed by atoms with Crippen LogP contribution in [0.2, 0.25) is 0 Å². The molecule has 0 radical (unpaired) electrons. The number of carbonyl (C=O) groups excluding carboxylic acids is 2. The standard InChI is InChI=1S/C27H24F5N3O5/c1-14-9-10-34(13-21(29)30)26(38)23(14)35-12-19(18-8-7-17(39-2)11-20(18)28)22(25(35)37)33-24(36)15-3-5-16(6-4-15)40-27(31)32/h3-11,19,21-22,27H,12-13H2,1-2H3,(H,33,36)/t19-,22-/m0/s1. The van der Waals surface area contributed by atoms with Crippen LogP contribution >= 0.6 is 0 Å². The number of halogens is 5. The van der Waals surface area contributed by atoms with E-state index in [0.717, 1.165) is 27.7 Å². The molecular formula is C27H24F5N3O5. The van der Waals surface area contributed by atoms with E-state index in [1.54, 1.807) is 0 Å². The van der Waals surface area contributed by atoms with Gasteiger partial charge in [-0.25, -0.2) is 13.2 Å². The Balaban J connectivity index is 1.72. The van der Waals surface area contributed by atoms with Crippen molar-refractivity contribution >= 4 is 17.5 Å². The molecule has 0 saturated carbocycles. The summed E-state index contributed by atoms with van der Waals surface area (Å²) in [6.07, 6.45) is -1.64. The van der Waals surface area contributed by atoms with Gasteiger partial charge in [-0.1, -0.05) is 6.07 Å². The average Bonchev–Trinajstić information content (AvgIpc) is 3.20. The monoisotopic (exact) mass is 565 g/mol. The van der Waals surface area contributed by atoms with Crippen LogP contribution in [0.15, 0.2) is 59.5 Å². The smallest absolute Gasteiger partial charge is 0.387 e. The molecule has 13 heteroatoms. The van der Waals surface area contributed by atoms with Crippen molar-refractivity contribution in [3.63, 3.8) is 0 Å². The van der Waals surface area contributed by atoms with Gasteiger partial charge in [0.25, 0.3) is 17.9 Å². The van der Waals surface area contributed by atoms with Crippen molar-refractivity contribution in [3.05, 3.63) is 87.6 Å². The zero-order valence-corrected chi connectivity index (χ0v) is 21.2. The topological polar surface area (TPSA) is 89.9 Å². The fourth-order valence-electron chi connectivity index (χ4n) is 4.60. The van der Waals surface area contributed by atoms with Gasteiger partial charge in [0.1, 0.15) is 29.0 Å². The van der Waals surface area contributed by atoms with Gasteiger partial charge in [0.05, 0.1) is 13.7 Å². The summed E-state index contributed by atoms with van der Waals surface area (Å²) in [5.74, 6) is -3.24. The van der Waals surface area contributed by atoms with Gasteiger partial charge in [-0.3, -0.25) is 14.4 Å². The molecule has 3 aromatic rings. The molecule has 2 aromatic carbocycles. The van der Waals surface area contributed by atoms with Crippen LogP contribution in [0.5, 0.6) is 11.5 Å². The molecule has 2 heterocycles. The van der Waals surface area contributed by atoms with Crippen LogP contribution in [0.4, 0.5) is 27.6 Å². The van der Waals surface area contributed by atoms with Crippen LogP contribution in [0.25, 0.3) is 0 Å². The summed E-state index contributed by atoms with van der Waals surface area (Å²) in [4.78, 5) is 40.9. The molecule has 1 aromatic heterocycles. The van der Waals surface area contributed by atoms with E-state index < -0.39 is 54.7 Å². The van der Waals surface area contributed by atoms with E-state index in [2.05, 4.69) is 10.1 Å². The third-order valence-corrected chi connectivity index (χ3v) is 6.50. The van der Waals surface area contributed by atoms with E-state index in [1.807, 2.05) is 0 Å². The van der Waals surface area contributed by atoms with E-state index in [1.165, 1.54) is 50.6 Å². The lowest BCUT2D eigenvalue weighted by Gasteiger charge is -2.20. The Kier molecular flexibility index (Phi) is 8.40. The zero-order valence-electron chi connectivity index (χ0n) is 21.2. The molecular weight excluding hydrogens is 541 g/mol. The first-order chi connectivity index (χ1) is 19.0. The number of hydrogen-bond acceptors (Lipinski definition) is 5. The molecule has 1 saturated heterocycles. The highest BCUT2D eigenvalue weighted by atomic mass is 19.3. The second kappa shape index (κ2) is 11.8. The summed E-state index contributed by atoms with van der Waals surface area (Å²) in [6.45, 7) is -2.68. The second-order valence-corrected chi connectivity index (χ2v) is 8.99. The first-order valence-corrected chi connectivity index (χ1v) is 12.0. The summed E-state index contributed by atoms with van der Waals surface area (Å²) in [5, 5.41) is 2.55. The largest absolute Gasteiger partial charge is 0.497 e. The number of ether oxygens (including phenoxy) is 2. The fourth-order valence-corrected chi connectivity index (χ4v) is 4.60. The Morgan fingerprint density at radius 1 is 1.05 bits per heavy atom. The van der Waals surface area contributed by atoms with Gasteiger partial charge in [0, 0.05) is 30.3 Å². The molecule has 2 atom stereocenters. The van der Waals surface area contributed by atoms with Gasteiger partial charge in [0.2, 0.25) is 5.91 Å². The number of methoxy groups -OCH3 is 1. The fraction of sp³-hybridized carbons (Fsp3) is 0.296. The molecule has 0 unspecified atom stereocenters. The van der Waals surface area contributed by atoms with E-state index in [9.17, 15) is 31.9 Å². The summed E-state index contributed by atoms with van der Waals surface area (Å²) in [6, 6.07) is 8.70. The van der Waals surface area contributed by atoms with E-state index >= 15 is 4.39 Å². The third kappa shape index (κ3) is 5.92. The van der Waals surface area contributed by atoms with Crippen LogP contribution in [0.1, 0.15) is 27.4 Å². The van der Waals surface area contributed by atoms with Crippen molar-refractivity contribution in [3.8, 4) is 11.5 Å². The van der Waals surface area contributed by atoms with Gasteiger partial charge in [-0.2, -0.15) is 8.78 Å². The molecule has 0 aliphatic carbocycles. The molecule has 1 N–H and O–H groups in total. The Morgan fingerprint density at radius 3 is 2.33 bits per heavy atom. The number of aromatic nitrogens is 1. The van der Waals surface area contributed by atoms with Gasteiger partial charge < -0.3 is 24.3 Å². The number of hydrogen-bond donors (Lipinski definition) is 1. The van der Waals surface area contributed by atoms with Crippen molar-refractivity contribution in [1.82, 2.24) is 9.88 Å². The Hall–Kier alpha value is -4.42. The molecule has 212 valence electrons.